The molecule has 0 aliphatic rings. The van der Waals surface area contributed by atoms with Crippen molar-refractivity contribution in [2.24, 2.45) is 5.84 Å². The zero-order valence-electron chi connectivity index (χ0n) is 9.48. The summed E-state index contributed by atoms with van der Waals surface area (Å²) in [6, 6.07) is 2.97. The van der Waals surface area contributed by atoms with E-state index in [1.165, 1.54) is 17.0 Å². The number of nitrogens with zero attached hydrogens (tertiary/aromatic N) is 2. The number of pyridine rings is 1. The lowest BCUT2D eigenvalue weighted by Crippen LogP contribution is -2.33. The molecule has 0 spiro atoms. The monoisotopic (exact) mass is 258 g/mol. The lowest BCUT2D eigenvalue weighted by atomic mass is 10.2. The molecule has 0 bridgehead atoms. The highest BCUT2D eigenvalue weighted by atomic mass is 35.5. The lowest BCUT2D eigenvalue weighted by Gasteiger charge is -2.19. The molecule has 0 saturated carbocycles. The number of carbonyl (C=O) groups is 1. The highest BCUT2D eigenvalue weighted by Gasteiger charge is 2.15. The molecule has 7 heteroatoms. The van der Waals surface area contributed by atoms with Crippen LogP contribution in [-0.4, -0.2) is 40.6 Å². The number of amides is 1. The van der Waals surface area contributed by atoms with Gasteiger partial charge in [-0.2, -0.15) is 0 Å². The summed E-state index contributed by atoms with van der Waals surface area (Å²) < 4.78 is 0. The van der Waals surface area contributed by atoms with Gasteiger partial charge in [0, 0.05) is 18.7 Å². The van der Waals surface area contributed by atoms with Gasteiger partial charge in [0.15, 0.2) is 0 Å². The van der Waals surface area contributed by atoms with Crippen molar-refractivity contribution in [1.82, 2.24) is 9.88 Å². The number of halogens is 1. The molecule has 1 rings (SSSR count). The number of nitrogen functional groups attached to an aromatic ring is 1. The molecule has 0 atom stereocenters. The molecule has 0 fully saturated rings. The molecular weight excluding hydrogens is 244 g/mol. The van der Waals surface area contributed by atoms with Crippen molar-refractivity contribution >= 4 is 23.3 Å². The summed E-state index contributed by atoms with van der Waals surface area (Å²) in [6.45, 7) is 2.53. The first-order valence-electron chi connectivity index (χ1n) is 5.16. The molecule has 0 saturated heterocycles. The molecule has 1 aromatic rings. The number of hydrazine groups is 1. The largest absolute Gasteiger partial charge is 0.395 e. The summed E-state index contributed by atoms with van der Waals surface area (Å²) in [5, 5.41) is 9.04. The van der Waals surface area contributed by atoms with Crippen molar-refractivity contribution in [3.8, 4) is 0 Å². The molecule has 1 amide bonds. The number of anilines is 1. The summed E-state index contributed by atoms with van der Waals surface area (Å²) in [4.78, 5) is 17.4. The molecule has 0 radical (unpaired) electrons. The first-order chi connectivity index (χ1) is 8.12. The molecule has 1 aromatic heterocycles. The number of nitrogens with one attached hydrogen (secondary N) is 1. The van der Waals surface area contributed by atoms with Crippen LogP contribution in [0.15, 0.2) is 12.1 Å². The van der Waals surface area contributed by atoms with Gasteiger partial charge in [-0.3, -0.25) is 4.79 Å². The van der Waals surface area contributed by atoms with Gasteiger partial charge in [-0.25, -0.2) is 10.8 Å². The van der Waals surface area contributed by atoms with Gasteiger partial charge in [-0.1, -0.05) is 11.6 Å². The summed E-state index contributed by atoms with van der Waals surface area (Å²) in [5.74, 6) is 5.32. The molecule has 0 unspecified atom stereocenters. The fourth-order valence-corrected chi connectivity index (χ4v) is 1.61. The summed E-state index contributed by atoms with van der Waals surface area (Å²) in [6.07, 6.45) is 0. The van der Waals surface area contributed by atoms with Gasteiger partial charge in [0.2, 0.25) is 0 Å². The van der Waals surface area contributed by atoms with E-state index in [1.54, 1.807) is 0 Å². The predicted octanol–water partition coefficient (Wildman–Crippen LogP) is 0.475. The van der Waals surface area contributed by atoms with Crippen LogP contribution >= 0.6 is 11.6 Å². The number of hydrogen-bond donors (Lipinski definition) is 3. The van der Waals surface area contributed by atoms with Crippen molar-refractivity contribution in [3.63, 3.8) is 0 Å². The minimum Gasteiger partial charge on any atom is -0.395 e. The number of rotatable bonds is 5. The topological polar surface area (TPSA) is 91.5 Å². The van der Waals surface area contributed by atoms with E-state index < -0.39 is 0 Å². The number of likely N-dealkylation sites (N-methyl/N-ethyl adjacent to an activating group) is 1. The van der Waals surface area contributed by atoms with Crippen LogP contribution in [0.4, 0.5) is 5.82 Å². The Morgan fingerprint density at radius 3 is 2.88 bits per heavy atom. The summed E-state index contributed by atoms with van der Waals surface area (Å²) >= 11 is 5.77. The van der Waals surface area contributed by atoms with Crippen molar-refractivity contribution in [1.29, 1.82) is 0 Å². The predicted molar refractivity (Wildman–Crippen MR) is 65.7 cm³/mol. The Bertz CT molecular complexity index is 400. The van der Waals surface area contributed by atoms with Crippen molar-refractivity contribution in [2.75, 3.05) is 25.1 Å². The Morgan fingerprint density at radius 2 is 2.35 bits per heavy atom. The van der Waals surface area contributed by atoms with Gasteiger partial charge < -0.3 is 15.4 Å². The maximum atomic E-state index is 12.0. The number of aliphatic hydroxyl groups excluding tert-OH is 1. The molecule has 0 aliphatic carbocycles. The molecule has 6 nitrogen and oxygen atoms in total. The van der Waals surface area contributed by atoms with Gasteiger partial charge in [-0.15, -0.1) is 0 Å². The molecule has 0 aliphatic heterocycles. The Labute approximate surface area is 104 Å². The second kappa shape index (κ2) is 6.39. The number of aliphatic hydroxyl groups is 1. The Morgan fingerprint density at radius 1 is 1.65 bits per heavy atom. The molecule has 4 N–H and O–H groups in total. The van der Waals surface area contributed by atoms with Crippen LogP contribution in [0.2, 0.25) is 5.15 Å². The second-order valence-electron chi connectivity index (χ2n) is 3.32. The Balaban J connectivity index is 2.97. The first kappa shape index (κ1) is 13.7. The number of carbonyl (C=O) groups excluding carboxylic acids is 1. The van der Waals surface area contributed by atoms with Crippen LogP contribution in [0.5, 0.6) is 0 Å². The van der Waals surface area contributed by atoms with Crippen molar-refractivity contribution < 1.29 is 9.90 Å². The van der Waals surface area contributed by atoms with Crippen LogP contribution in [0.3, 0.4) is 0 Å². The zero-order chi connectivity index (χ0) is 12.8. The van der Waals surface area contributed by atoms with Crippen LogP contribution in [-0.2, 0) is 0 Å². The van der Waals surface area contributed by atoms with E-state index >= 15 is 0 Å². The quantitative estimate of drug-likeness (QED) is 0.406. The Hall–Kier alpha value is -1.37. The fourth-order valence-electron chi connectivity index (χ4n) is 1.40. The number of hydrogen-bond acceptors (Lipinski definition) is 5. The highest BCUT2D eigenvalue weighted by molar-refractivity contribution is 6.29. The number of aromatic nitrogens is 1. The third kappa shape index (κ3) is 3.55. The van der Waals surface area contributed by atoms with E-state index in [2.05, 4.69) is 10.4 Å². The second-order valence-corrected chi connectivity index (χ2v) is 3.70. The van der Waals surface area contributed by atoms with E-state index in [0.29, 0.717) is 17.9 Å². The summed E-state index contributed by atoms with van der Waals surface area (Å²) in [5.41, 5.74) is 2.72. The third-order valence-electron chi connectivity index (χ3n) is 2.23. The maximum Gasteiger partial charge on any atom is 0.254 e. The molecule has 0 aromatic carbocycles. The molecule has 94 valence electrons. The van der Waals surface area contributed by atoms with Gasteiger partial charge in [0.05, 0.1) is 6.61 Å². The zero-order valence-corrected chi connectivity index (χ0v) is 10.2. The minimum atomic E-state index is -0.220. The maximum absolute atomic E-state index is 12.0. The van der Waals surface area contributed by atoms with Gasteiger partial charge >= 0.3 is 0 Å². The number of nitrogens with two attached hydrogens (primary N) is 1. The molecule has 17 heavy (non-hydrogen) atoms. The fraction of sp³-hybridized carbons (Fsp3) is 0.400. The average Bonchev–Trinajstić information content (AvgIpc) is 2.34. The minimum absolute atomic E-state index is 0.0829. The van der Waals surface area contributed by atoms with Crippen molar-refractivity contribution in [2.45, 2.75) is 6.92 Å². The molecule has 1 heterocycles. The van der Waals surface area contributed by atoms with Crippen LogP contribution in [0, 0.1) is 0 Å². The van der Waals surface area contributed by atoms with Gasteiger partial charge in [0.25, 0.3) is 5.91 Å². The highest BCUT2D eigenvalue weighted by Crippen LogP contribution is 2.15. The first-order valence-corrected chi connectivity index (χ1v) is 5.54. The van der Waals surface area contributed by atoms with E-state index in [0.717, 1.165) is 0 Å². The normalized spacial score (nSPS) is 10.1. The van der Waals surface area contributed by atoms with Crippen LogP contribution in [0.25, 0.3) is 0 Å². The van der Waals surface area contributed by atoms with Crippen LogP contribution < -0.4 is 11.3 Å². The summed E-state index contributed by atoms with van der Waals surface area (Å²) in [7, 11) is 0. The van der Waals surface area contributed by atoms with E-state index in [-0.39, 0.29) is 24.2 Å². The van der Waals surface area contributed by atoms with Gasteiger partial charge in [-0.05, 0) is 19.1 Å². The smallest absolute Gasteiger partial charge is 0.254 e. The molecular formula is C10H15ClN4O2. The van der Waals surface area contributed by atoms with Gasteiger partial charge in [0.1, 0.15) is 11.0 Å². The SMILES string of the molecule is CCN(CCO)C(=O)c1cc(Cl)nc(NN)c1. The van der Waals surface area contributed by atoms with E-state index in [4.69, 9.17) is 22.6 Å². The average molecular weight is 259 g/mol. The van der Waals surface area contributed by atoms with E-state index in [9.17, 15) is 4.79 Å². The standard InChI is InChI=1S/C10H15ClN4O2/c1-2-15(3-4-16)10(17)7-5-8(11)13-9(6-7)14-12/h5-6,16H,2-4,12H2,1H3,(H,13,14). The Kier molecular flexibility index (Phi) is 5.14. The van der Waals surface area contributed by atoms with E-state index in [1.807, 2.05) is 6.92 Å². The van der Waals surface area contributed by atoms with Crippen molar-refractivity contribution in [3.05, 3.63) is 22.8 Å². The van der Waals surface area contributed by atoms with Crippen LogP contribution in [0.1, 0.15) is 17.3 Å². The third-order valence-corrected chi connectivity index (χ3v) is 2.42. The lowest BCUT2D eigenvalue weighted by molar-refractivity contribution is 0.0732.